The highest BCUT2D eigenvalue weighted by molar-refractivity contribution is 5.83. The van der Waals surface area contributed by atoms with Crippen molar-refractivity contribution in [2.75, 3.05) is 13.2 Å². The summed E-state index contributed by atoms with van der Waals surface area (Å²) in [5.41, 5.74) is 5.12. The molecule has 6 nitrogen and oxygen atoms in total. The van der Waals surface area contributed by atoms with Gasteiger partial charge in [0.15, 0.2) is 0 Å². The van der Waals surface area contributed by atoms with E-state index in [2.05, 4.69) is 5.32 Å². The van der Waals surface area contributed by atoms with Crippen molar-refractivity contribution in [3.8, 4) is 0 Å². The molecule has 0 saturated carbocycles. The average Bonchev–Trinajstić information content (AvgIpc) is 2.58. The summed E-state index contributed by atoms with van der Waals surface area (Å²) in [6.07, 6.45) is 0.452. The third-order valence-corrected chi connectivity index (χ3v) is 3.21. The first-order valence-electron chi connectivity index (χ1n) is 5.72. The van der Waals surface area contributed by atoms with Crippen LogP contribution in [0.1, 0.15) is 26.7 Å². The van der Waals surface area contributed by atoms with E-state index in [-0.39, 0.29) is 24.4 Å². The van der Waals surface area contributed by atoms with Crippen molar-refractivity contribution < 1.29 is 19.4 Å². The van der Waals surface area contributed by atoms with Gasteiger partial charge < -0.3 is 20.9 Å². The molecule has 0 bridgehead atoms. The zero-order chi connectivity index (χ0) is 13.1. The van der Waals surface area contributed by atoms with Crippen LogP contribution in [0.5, 0.6) is 0 Å². The average molecular weight is 244 g/mol. The molecule has 3 atom stereocenters. The number of nitrogens with two attached hydrogens (primary N) is 1. The molecule has 1 amide bonds. The summed E-state index contributed by atoms with van der Waals surface area (Å²) in [5, 5.41) is 11.3. The smallest absolute Gasteiger partial charge is 0.303 e. The number of ether oxygens (including phenoxy) is 1. The van der Waals surface area contributed by atoms with E-state index in [0.717, 1.165) is 0 Å². The Morgan fingerprint density at radius 3 is 2.76 bits per heavy atom. The molecule has 1 rings (SSSR count). The minimum absolute atomic E-state index is 0.0424. The Morgan fingerprint density at radius 2 is 2.29 bits per heavy atom. The maximum Gasteiger partial charge on any atom is 0.303 e. The Morgan fingerprint density at radius 1 is 1.65 bits per heavy atom. The zero-order valence-corrected chi connectivity index (χ0v) is 10.2. The molecule has 4 N–H and O–H groups in total. The summed E-state index contributed by atoms with van der Waals surface area (Å²) >= 11 is 0. The summed E-state index contributed by atoms with van der Waals surface area (Å²) in [5.74, 6) is -1.03. The molecule has 1 heterocycles. The van der Waals surface area contributed by atoms with Crippen LogP contribution >= 0.6 is 0 Å². The van der Waals surface area contributed by atoms with Crippen molar-refractivity contribution in [1.29, 1.82) is 0 Å². The van der Waals surface area contributed by atoms with Gasteiger partial charge in [-0.15, -0.1) is 0 Å². The fourth-order valence-corrected chi connectivity index (χ4v) is 1.72. The molecular weight excluding hydrogens is 224 g/mol. The van der Waals surface area contributed by atoms with Crippen LogP contribution in [0.3, 0.4) is 0 Å². The SMILES string of the molecule is CC(CCC(=O)O)NC(=O)C1(C)COCC1N. The van der Waals surface area contributed by atoms with Gasteiger partial charge in [-0.2, -0.15) is 0 Å². The summed E-state index contributed by atoms with van der Waals surface area (Å²) in [6.45, 7) is 4.24. The molecule has 0 aromatic heterocycles. The maximum atomic E-state index is 12.0. The first kappa shape index (κ1) is 13.9. The molecule has 0 aromatic carbocycles. The number of carbonyl (C=O) groups excluding carboxylic acids is 1. The van der Waals surface area contributed by atoms with E-state index in [9.17, 15) is 9.59 Å². The predicted molar refractivity (Wildman–Crippen MR) is 61.4 cm³/mol. The number of amides is 1. The number of nitrogens with one attached hydrogen (secondary N) is 1. The molecule has 17 heavy (non-hydrogen) atoms. The largest absolute Gasteiger partial charge is 0.481 e. The van der Waals surface area contributed by atoms with Crippen LogP contribution in [-0.4, -0.2) is 42.3 Å². The molecule has 0 aliphatic carbocycles. The fourth-order valence-electron chi connectivity index (χ4n) is 1.72. The van der Waals surface area contributed by atoms with E-state index in [0.29, 0.717) is 19.6 Å². The molecule has 3 unspecified atom stereocenters. The lowest BCUT2D eigenvalue weighted by Gasteiger charge is -2.27. The van der Waals surface area contributed by atoms with Gasteiger partial charge in [-0.25, -0.2) is 0 Å². The molecular formula is C11H20N2O4. The van der Waals surface area contributed by atoms with Crippen molar-refractivity contribution in [2.45, 2.75) is 38.8 Å². The van der Waals surface area contributed by atoms with E-state index in [4.69, 9.17) is 15.6 Å². The van der Waals surface area contributed by atoms with Gasteiger partial charge in [-0.05, 0) is 20.3 Å². The fraction of sp³-hybridized carbons (Fsp3) is 0.818. The standard InChI is InChI=1S/C11H20N2O4/c1-7(3-4-9(14)15)13-10(16)11(2)6-17-5-8(11)12/h7-8H,3-6,12H2,1-2H3,(H,13,16)(H,14,15). The van der Waals surface area contributed by atoms with Crippen LogP contribution in [0.25, 0.3) is 0 Å². The summed E-state index contributed by atoms with van der Waals surface area (Å²) < 4.78 is 5.19. The van der Waals surface area contributed by atoms with Gasteiger partial charge >= 0.3 is 5.97 Å². The van der Waals surface area contributed by atoms with Crippen molar-refractivity contribution in [3.63, 3.8) is 0 Å². The summed E-state index contributed by atoms with van der Waals surface area (Å²) in [4.78, 5) is 22.4. The van der Waals surface area contributed by atoms with Gasteiger partial charge in [-0.1, -0.05) is 0 Å². The third-order valence-electron chi connectivity index (χ3n) is 3.21. The number of carbonyl (C=O) groups is 2. The summed E-state index contributed by atoms with van der Waals surface area (Å²) in [6, 6.07) is -0.489. The molecule has 1 fully saturated rings. The molecule has 98 valence electrons. The van der Waals surface area contributed by atoms with E-state index in [1.165, 1.54) is 0 Å². The number of aliphatic carboxylic acids is 1. The topological polar surface area (TPSA) is 102 Å². The Kier molecular flexibility index (Phi) is 4.47. The van der Waals surface area contributed by atoms with Crippen LogP contribution in [0, 0.1) is 5.41 Å². The third kappa shape index (κ3) is 3.41. The molecule has 0 radical (unpaired) electrons. The number of rotatable bonds is 5. The van der Waals surface area contributed by atoms with Gasteiger partial charge in [0.2, 0.25) is 5.91 Å². The van der Waals surface area contributed by atoms with Crippen LogP contribution < -0.4 is 11.1 Å². The molecule has 1 aliphatic rings. The summed E-state index contributed by atoms with van der Waals surface area (Å²) in [7, 11) is 0. The lowest BCUT2D eigenvalue weighted by molar-refractivity contribution is -0.138. The molecule has 0 aromatic rings. The van der Waals surface area contributed by atoms with E-state index >= 15 is 0 Å². The highest BCUT2D eigenvalue weighted by atomic mass is 16.5. The van der Waals surface area contributed by atoms with Gasteiger partial charge in [-0.3, -0.25) is 9.59 Å². The van der Waals surface area contributed by atoms with Gasteiger partial charge in [0.25, 0.3) is 0 Å². The van der Waals surface area contributed by atoms with Crippen LogP contribution in [0.2, 0.25) is 0 Å². The van der Waals surface area contributed by atoms with Crippen LogP contribution in [0.15, 0.2) is 0 Å². The second kappa shape index (κ2) is 5.46. The predicted octanol–water partition coefficient (Wildman–Crippen LogP) is -0.280. The van der Waals surface area contributed by atoms with Crippen LogP contribution in [-0.2, 0) is 14.3 Å². The maximum absolute atomic E-state index is 12.0. The second-order valence-corrected chi connectivity index (χ2v) is 4.85. The lowest BCUT2D eigenvalue weighted by Crippen LogP contribution is -2.51. The zero-order valence-electron chi connectivity index (χ0n) is 10.2. The molecule has 1 aliphatic heterocycles. The molecule has 0 spiro atoms. The quantitative estimate of drug-likeness (QED) is 0.617. The van der Waals surface area contributed by atoms with Crippen LogP contribution in [0.4, 0.5) is 0 Å². The number of carboxylic acid groups (broad SMARTS) is 1. The normalized spacial score (nSPS) is 29.9. The number of carboxylic acids is 1. The lowest BCUT2D eigenvalue weighted by atomic mass is 9.84. The minimum Gasteiger partial charge on any atom is -0.481 e. The van der Waals surface area contributed by atoms with E-state index in [1.54, 1.807) is 13.8 Å². The van der Waals surface area contributed by atoms with Crippen molar-refractivity contribution in [3.05, 3.63) is 0 Å². The molecule has 1 saturated heterocycles. The minimum atomic E-state index is -0.863. The Hall–Kier alpha value is -1.14. The van der Waals surface area contributed by atoms with Gasteiger partial charge in [0, 0.05) is 18.5 Å². The highest BCUT2D eigenvalue weighted by Gasteiger charge is 2.44. The monoisotopic (exact) mass is 244 g/mol. The Balaban J connectivity index is 2.45. The number of hydrogen-bond acceptors (Lipinski definition) is 4. The van der Waals surface area contributed by atoms with Gasteiger partial charge in [0.05, 0.1) is 18.6 Å². The second-order valence-electron chi connectivity index (χ2n) is 4.85. The first-order chi connectivity index (χ1) is 7.86. The first-order valence-corrected chi connectivity index (χ1v) is 5.72. The Bertz CT molecular complexity index is 308. The van der Waals surface area contributed by atoms with Gasteiger partial charge in [0.1, 0.15) is 0 Å². The Labute approximate surface area is 101 Å². The van der Waals surface area contributed by atoms with Crippen molar-refractivity contribution in [2.24, 2.45) is 11.1 Å². The van der Waals surface area contributed by atoms with E-state index < -0.39 is 11.4 Å². The van der Waals surface area contributed by atoms with Crippen molar-refractivity contribution in [1.82, 2.24) is 5.32 Å². The number of hydrogen-bond donors (Lipinski definition) is 3. The molecule has 6 heteroatoms. The van der Waals surface area contributed by atoms with E-state index in [1.807, 2.05) is 0 Å². The highest BCUT2D eigenvalue weighted by Crippen LogP contribution is 2.27. The van der Waals surface area contributed by atoms with Crippen molar-refractivity contribution >= 4 is 11.9 Å².